The van der Waals surface area contributed by atoms with Crippen molar-refractivity contribution in [1.82, 2.24) is 20.0 Å². The van der Waals surface area contributed by atoms with Crippen molar-refractivity contribution in [2.45, 2.75) is 6.54 Å². The largest absolute Gasteiger partial charge is 0.356 e. The summed E-state index contributed by atoms with van der Waals surface area (Å²) in [4.78, 5) is 13.1. The fraction of sp³-hybridized carbons (Fsp3) is 0.312. The van der Waals surface area contributed by atoms with Crippen LogP contribution in [0.15, 0.2) is 39.6 Å². The minimum Gasteiger partial charge on any atom is -0.356 e. The summed E-state index contributed by atoms with van der Waals surface area (Å²) in [5.41, 5.74) is 1.34. The molecule has 2 aromatic heterocycles. The van der Waals surface area contributed by atoms with Gasteiger partial charge in [0.25, 0.3) is 0 Å². The van der Waals surface area contributed by atoms with Gasteiger partial charge in [0.05, 0.1) is 4.47 Å². The zero-order chi connectivity index (χ0) is 16.5. The lowest BCUT2D eigenvalue weighted by Gasteiger charge is -2.34. The van der Waals surface area contributed by atoms with Crippen LogP contribution in [0.5, 0.6) is 0 Å². The second-order valence-corrected chi connectivity index (χ2v) is 6.65. The lowest BCUT2D eigenvalue weighted by atomic mass is 10.2. The molecule has 1 aliphatic rings. The fourth-order valence-corrected chi connectivity index (χ4v) is 3.07. The Balaban J connectivity index is 1.41. The molecule has 1 aromatic carbocycles. The van der Waals surface area contributed by atoms with Crippen LogP contribution in [0.1, 0.15) is 5.69 Å². The van der Waals surface area contributed by atoms with Crippen LogP contribution in [-0.2, 0) is 6.54 Å². The minimum atomic E-state index is -0.312. The number of halogens is 2. The smallest absolute Gasteiger partial charge is 0.225 e. The van der Waals surface area contributed by atoms with Crippen LogP contribution >= 0.6 is 15.9 Å². The zero-order valence-corrected chi connectivity index (χ0v) is 14.4. The van der Waals surface area contributed by atoms with Gasteiger partial charge in [-0.15, -0.1) is 0 Å². The summed E-state index contributed by atoms with van der Waals surface area (Å²) in [6, 6.07) is 4.53. The second kappa shape index (κ2) is 6.45. The number of anilines is 1. The summed E-state index contributed by atoms with van der Waals surface area (Å²) in [5.74, 6) is 0.438. The van der Waals surface area contributed by atoms with Crippen LogP contribution in [0.2, 0.25) is 0 Å². The van der Waals surface area contributed by atoms with Crippen LogP contribution < -0.4 is 4.90 Å². The molecule has 0 N–H and O–H groups in total. The molecule has 1 fully saturated rings. The predicted octanol–water partition coefficient (Wildman–Crippen LogP) is 2.84. The van der Waals surface area contributed by atoms with Gasteiger partial charge in [0.1, 0.15) is 11.5 Å². The SMILES string of the molecule is Fc1ccc2c(CN3CCN(c4ncc(Br)cn4)CC3)noc2c1. The number of fused-ring (bicyclic) bond motifs is 1. The molecule has 6 nitrogen and oxygen atoms in total. The highest BCUT2D eigenvalue weighted by atomic mass is 79.9. The third-order valence-electron chi connectivity index (χ3n) is 4.14. The van der Waals surface area contributed by atoms with E-state index < -0.39 is 0 Å². The standard InChI is InChI=1S/C16H15BrFN5O/c17-11-8-19-16(20-9-11)23-5-3-22(4-6-23)10-14-13-2-1-12(18)7-15(13)24-21-14/h1-2,7-9H,3-6,10H2. The highest BCUT2D eigenvalue weighted by molar-refractivity contribution is 9.10. The predicted molar refractivity (Wildman–Crippen MR) is 91.2 cm³/mol. The van der Waals surface area contributed by atoms with Gasteiger partial charge in [-0.1, -0.05) is 5.16 Å². The second-order valence-electron chi connectivity index (χ2n) is 5.73. The van der Waals surface area contributed by atoms with E-state index in [1.54, 1.807) is 18.5 Å². The van der Waals surface area contributed by atoms with Crippen molar-refractivity contribution in [2.24, 2.45) is 0 Å². The van der Waals surface area contributed by atoms with Crippen molar-refractivity contribution in [3.8, 4) is 0 Å². The quantitative estimate of drug-likeness (QED) is 0.684. The molecule has 0 atom stereocenters. The molecular formula is C16H15BrFN5O. The summed E-state index contributed by atoms with van der Waals surface area (Å²) in [6.45, 7) is 4.16. The summed E-state index contributed by atoms with van der Waals surface area (Å²) >= 11 is 3.35. The summed E-state index contributed by atoms with van der Waals surface area (Å²) in [7, 11) is 0. The lowest BCUT2D eigenvalue weighted by Crippen LogP contribution is -2.46. The van der Waals surface area contributed by atoms with Gasteiger partial charge in [0, 0.05) is 56.6 Å². The average Bonchev–Trinajstić information content (AvgIpc) is 2.98. The van der Waals surface area contributed by atoms with Gasteiger partial charge in [-0.2, -0.15) is 0 Å². The number of nitrogens with zero attached hydrogens (tertiary/aromatic N) is 5. The van der Waals surface area contributed by atoms with Crippen LogP contribution in [0, 0.1) is 5.82 Å². The monoisotopic (exact) mass is 391 g/mol. The van der Waals surface area contributed by atoms with Gasteiger partial charge in [-0.3, -0.25) is 4.90 Å². The van der Waals surface area contributed by atoms with Crippen molar-refractivity contribution >= 4 is 32.8 Å². The molecule has 124 valence electrons. The molecule has 3 heterocycles. The summed E-state index contributed by atoms with van der Waals surface area (Å²) in [6.07, 6.45) is 3.52. The molecule has 1 aliphatic heterocycles. The van der Waals surface area contributed by atoms with Gasteiger partial charge >= 0.3 is 0 Å². The molecule has 1 saturated heterocycles. The molecular weight excluding hydrogens is 377 g/mol. The van der Waals surface area contributed by atoms with E-state index in [9.17, 15) is 4.39 Å². The maximum atomic E-state index is 13.2. The van der Waals surface area contributed by atoms with Crippen molar-refractivity contribution in [2.75, 3.05) is 31.1 Å². The van der Waals surface area contributed by atoms with Gasteiger partial charge in [-0.25, -0.2) is 14.4 Å². The Morgan fingerprint density at radius 3 is 2.62 bits per heavy atom. The van der Waals surface area contributed by atoms with Crippen molar-refractivity contribution < 1.29 is 8.91 Å². The molecule has 8 heteroatoms. The van der Waals surface area contributed by atoms with Crippen LogP contribution in [-0.4, -0.2) is 46.2 Å². The zero-order valence-electron chi connectivity index (χ0n) is 12.8. The number of benzene rings is 1. The van der Waals surface area contributed by atoms with Crippen molar-refractivity contribution in [3.63, 3.8) is 0 Å². The first kappa shape index (κ1) is 15.5. The highest BCUT2D eigenvalue weighted by Gasteiger charge is 2.21. The van der Waals surface area contributed by atoms with E-state index in [1.807, 2.05) is 0 Å². The molecule has 0 spiro atoms. The normalized spacial score (nSPS) is 16.0. The van der Waals surface area contributed by atoms with E-state index in [-0.39, 0.29) is 5.82 Å². The third-order valence-corrected chi connectivity index (χ3v) is 4.55. The van der Waals surface area contributed by atoms with E-state index in [0.29, 0.717) is 12.1 Å². The molecule has 4 rings (SSSR count). The lowest BCUT2D eigenvalue weighted by molar-refractivity contribution is 0.242. The average molecular weight is 392 g/mol. The van der Waals surface area contributed by atoms with E-state index in [4.69, 9.17) is 4.52 Å². The Morgan fingerprint density at radius 1 is 1.12 bits per heavy atom. The summed E-state index contributed by atoms with van der Waals surface area (Å²) < 4.78 is 19.3. The molecule has 0 unspecified atom stereocenters. The first-order valence-corrected chi connectivity index (χ1v) is 8.47. The molecule has 0 amide bonds. The Morgan fingerprint density at radius 2 is 1.88 bits per heavy atom. The van der Waals surface area contributed by atoms with Gasteiger partial charge < -0.3 is 9.42 Å². The minimum absolute atomic E-state index is 0.312. The molecule has 0 radical (unpaired) electrons. The van der Waals surface area contributed by atoms with Crippen molar-refractivity contribution in [3.05, 3.63) is 46.6 Å². The molecule has 0 saturated carbocycles. The summed E-state index contributed by atoms with van der Waals surface area (Å²) in [5, 5.41) is 4.96. The first-order valence-electron chi connectivity index (χ1n) is 7.68. The highest BCUT2D eigenvalue weighted by Crippen LogP contribution is 2.21. The molecule has 24 heavy (non-hydrogen) atoms. The van der Waals surface area contributed by atoms with Gasteiger partial charge in [-0.05, 0) is 28.1 Å². The number of rotatable bonds is 3. The van der Waals surface area contributed by atoms with E-state index in [2.05, 4.69) is 40.9 Å². The van der Waals surface area contributed by atoms with Crippen LogP contribution in [0.25, 0.3) is 11.0 Å². The molecule has 0 aliphatic carbocycles. The number of aromatic nitrogens is 3. The van der Waals surface area contributed by atoms with Crippen LogP contribution in [0.4, 0.5) is 10.3 Å². The number of hydrogen-bond donors (Lipinski definition) is 0. The Labute approximate surface area is 146 Å². The fourth-order valence-electron chi connectivity index (χ4n) is 2.86. The van der Waals surface area contributed by atoms with Gasteiger partial charge in [0.15, 0.2) is 5.58 Å². The first-order chi connectivity index (χ1) is 11.7. The van der Waals surface area contributed by atoms with Crippen LogP contribution in [0.3, 0.4) is 0 Å². The number of piperazine rings is 1. The number of hydrogen-bond acceptors (Lipinski definition) is 6. The van der Waals surface area contributed by atoms with E-state index >= 15 is 0 Å². The Bertz CT molecular complexity index is 845. The van der Waals surface area contributed by atoms with E-state index in [1.165, 1.54) is 12.1 Å². The third kappa shape index (κ3) is 3.11. The molecule has 3 aromatic rings. The maximum absolute atomic E-state index is 13.2. The molecule has 0 bridgehead atoms. The maximum Gasteiger partial charge on any atom is 0.225 e. The topological polar surface area (TPSA) is 58.3 Å². The Kier molecular flexibility index (Phi) is 4.15. The Hall–Kier alpha value is -2.06. The van der Waals surface area contributed by atoms with Crippen molar-refractivity contribution in [1.29, 1.82) is 0 Å². The van der Waals surface area contributed by atoms with Gasteiger partial charge in [0.2, 0.25) is 5.95 Å². The van der Waals surface area contributed by atoms with E-state index in [0.717, 1.165) is 47.7 Å².